The molecule has 3 heteroatoms. The van der Waals surface area contributed by atoms with Gasteiger partial charge in [0, 0.05) is 30.7 Å². The lowest BCUT2D eigenvalue weighted by Gasteiger charge is -2.28. The van der Waals surface area contributed by atoms with E-state index in [0.29, 0.717) is 0 Å². The molecule has 0 spiro atoms. The fourth-order valence-corrected chi connectivity index (χ4v) is 3.03. The van der Waals surface area contributed by atoms with Crippen molar-refractivity contribution >= 4 is 11.6 Å². The highest BCUT2D eigenvalue weighted by Crippen LogP contribution is 2.23. The summed E-state index contributed by atoms with van der Waals surface area (Å²) in [4.78, 5) is 2.36. The topological polar surface area (TPSA) is 15.3 Å². The molecule has 2 rings (SSSR count). The van der Waals surface area contributed by atoms with Crippen LogP contribution in [0.25, 0.3) is 0 Å². The van der Waals surface area contributed by atoms with E-state index < -0.39 is 0 Å². The minimum atomic E-state index is 0.745. The molecule has 0 bridgehead atoms. The molecule has 1 saturated carbocycles. The van der Waals surface area contributed by atoms with Crippen LogP contribution in [0, 0.1) is 5.92 Å². The summed E-state index contributed by atoms with van der Waals surface area (Å²) in [5.41, 5.74) is 1.32. The number of hydrogen-bond acceptors (Lipinski definition) is 2. The Kier molecular flexibility index (Phi) is 6.34. The van der Waals surface area contributed by atoms with Gasteiger partial charge in [-0.2, -0.15) is 0 Å². The fraction of sp³-hybridized carbons (Fsp3) is 0.647. The first-order chi connectivity index (χ1) is 9.63. The second-order valence-electron chi connectivity index (χ2n) is 6.28. The summed E-state index contributed by atoms with van der Waals surface area (Å²) in [6, 6.07) is 8.89. The van der Waals surface area contributed by atoms with Crippen molar-refractivity contribution in [3.63, 3.8) is 0 Å². The Balaban J connectivity index is 1.62. The highest BCUT2D eigenvalue weighted by molar-refractivity contribution is 6.30. The van der Waals surface area contributed by atoms with Crippen LogP contribution in [0.5, 0.6) is 0 Å². The van der Waals surface area contributed by atoms with Crippen LogP contribution in [0.3, 0.4) is 0 Å². The van der Waals surface area contributed by atoms with Crippen LogP contribution >= 0.6 is 11.6 Å². The van der Waals surface area contributed by atoms with Gasteiger partial charge in [0.1, 0.15) is 0 Å². The smallest absolute Gasteiger partial charge is 0.0406 e. The summed E-state index contributed by atoms with van der Waals surface area (Å²) in [6.07, 6.45) is 5.47. The molecule has 0 radical (unpaired) electrons. The molecule has 1 N–H and O–H groups in total. The zero-order chi connectivity index (χ0) is 14.4. The Bertz CT molecular complexity index is 382. The molecule has 1 aromatic carbocycles. The van der Waals surface area contributed by atoms with Gasteiger partial charge in [-0.3, -0.25) is 0 Å². The van der Waals surface area contributed by atoms with Gasteiger partial charge in [-0.15, -0.1) is 0 Å². The van der Waals surface area contributed by atoms with Gasteiger partial charge >= 0.3 is 0 Å². The Hall–Kier alpha value is -0.570. The summed E-state index contributed by atoms with van der Waals surface area (Å²) in [6.45, 7) is 5.54. The van der Waals surface area contributed by atoms with Crippen LogP contribution in [-0.4, -0.2) is 31.1 Å². The third-order valence-electron chi connectivity index (χ3n) is 4.31. The third kappa shape index (κ3) is 5.43. The Morgan fingerprint density at radius 1 is 1.15 bits per heavy atom. The Morgan fingerprint density at radius 2 is 1.80 bits per heavy atom. The van der Waals surface area contributed by atoms with Gasteiger partial charge in [-0.05, 0) is 56.3 Å². The van der Waals surface area contributed by atoms with Crippen molar-refractivity contribution < 1.29 is 0 Å². The molecule has 112 valence electrons. The van der Waals surface area contributed by atoms with Crippen LogP contribution in [0.15, 0.2) is 24.3 Å². The van der Waals surface area contributed by atoms with Crippen LogP contribution in [0.1, 0.15) is 38.2 Å². The summed E-state index contributed by atoms with van der Waals surface area (Å²) in [5.74, 6) is 0.931. The summed E-state index contributed by atoms with van der Waals surface area (Å²) < 4.78 is 0. The van der Waals surface area contributed by atoms with Crippen molar-refractivity contribution in [1.29, 1.82) is 0 Å². The van der Waals surface area contributed by atoms with Crippen molar-refractivity contribution in [2.75, 3.05) is 20.1 Å². The molecule has 0 aliphatic heterocycles. The van der Waals surface area contributed by atoms with Crippen molar-refractivity contribution in [3.8, 4) is 0 Å². The van der Waals surface area contributed by atoms with Crippen LogP contribution in [0.2, 0.25) is 5.02 Å². The molecule has 0 saturated heterocycles. The van der Waals surface area contributed by atoms with Crippen LogP contribution in [0.4, 0.5) is 0 Å². The molecule has 1 fully saturated rings. The summed E-state index contributed by atoms with van der Waals surface area (Å²) in [5, 5.41) is 4.51. The van der Waals surface area contributed by atoms with E-state index in [0.717, 1.165) is 36.6 Å². The Labute approximate surface area is 128 Å². The average Bonchev–Trinajstić information content (AvgIpc) is 2.44. The number of benzene rings is 1. The fourth-order valence-electron chi connectivity index (χ4n) is 2.90. The number of likely N-dealkylation sites (N-methyl/N-ethyl adjacent to an activating group) is 1. The zero-order valence-corrected chi connectivity index (χ0v) is 13.5. The van der Waals surface area contributed by atoms with Gasteiger partial charge in [0.15, 0.2) is 0 Å². The maximum atomic E-state index is 5.90. The molecule has 2 nitrogen and oxygen atoms in total. The number of nitrogens with one attached hydrogen (secondary N) is 1. The summed E-state index contributed by atoms with van der Waals surface area (Å²) in [7, 11) is 2.18. The predicted octanol–water partition coefficient (Wildman–Crippen LogP) is 3.94. The largest absolute Gasteiger partial charge is 0.313 e. The third-order valence-corrected chi connectivity index (χ3v) is 4.56. The SMILES string of the molecule is CC1CCC(NCCN(C)Cc2ccc(Cl)cc2)CC1. The van der Waals surface area contributed by atoms with Gasteiger partial charge in [0.25, 0.3) is 0 Å². The molecule has 20 heavy (non-hydrogen) atoms. The molecule has 1 aliphatic carbocycles. The maximum absolute atomic E-state index is 5.90. The van der Waals surface area contributed by atoms with E-state index in [-0.39, 0.29) is 0 Å². The molecule has 1 aliphatic rings. The molecule has 1 aromatic rings. The first kappa shape index (κ1) is 15.8. The number of rotatable bonds is 6. The monoisotopic (exact) mass is 294 g/mol. The average molecular weight is 295 g/mol. The Morgan fingerprint density at radius 3 is 2.45 bits per heavy atom. The van der Waals surface area contributed by atoms with Gasteiger partial charge < -0.3 is 10.2 Å². The van der Waals surface area contributed by atoms with E-state index in [2.05, 4.69) is 36.3 Å². The van der Waals surface area contributed by atoms with Gasteiger partial charge in [-0.1, -0.05) is 30.7 Å². The molecule has 0 unspecified atom stereocenters. The number of halogens is 1. The van der Waals surface area contributed by atoms with Gasteiger partial charge in [-0.25, -0.2) is 0 Å². The lowest BCUT2D eigenvalue weighted by molar-refractivity contribution is 0.279. The first-order valence-electron chi connectivity index (χ1n) is 7.80. The van der Waals surface area contributed by atoms with Crippen molar-refractivity contribution in [2.24, 2.45) is 5.92 Å². The molecule has 0 heterocycles. The van der Waals surface area contributed by atoms with E-state index in [1.54, 1.807) is 0 Å². The van der Waals surface area contributed by atoms with Crippen LogP contribution in [-0.2, 0) is 6.54 Å². The highest BCUT2D eigenvalue weighted by atomic mass is 35.5. The lowest BCUT2D eigenvalue weighted by atomic mass is 9.87. The van der Waals surface area contributed by atoms with E-state index in [1.165, 1.54) is 31.2 Å². The summed E-state index contributed by atoms with van der Waals surface area (Å²) >= 11 is 5.90. The van der Waals surface area contributed by atoms with E-state index in [4.69, 9.17) is 11.6 Å². The quantitative estimate of drug-likeness (QED) is 0.855. The molecule has 0 amide bonds. The normalized spacial score (nSPS) is 23.2. The molecule has 0 atom stereocenters. The van der Waals surface area contributed by atoms with Crippen molar-refractivity contribution in [1.82, 2.24) is 10.2 Å². The van der Waals surface area contributed by atoms with E-state index >= 15 is 0 Å². The number of nitrogens with zero attached hydrogens (tertiary/aromatic N) is 1. The minimum absolute atomic E-state index is 0.745. The molecule has 0 aromatic heterocycles. The highest BCUT2D eigenvalue weighted by Gasteiger charge is 2.17. The second kappa shape index (κ2) is 8.02. The van der Waals surface area contributed by atoms with Gasteiger partial charge in [0.05, 0.1) is 0 Å². The standard InChI is InChI=1S/C17H27ClN2/c1-14-3-9-17(10-4-14)19-11-12-20(2)13-15-5-7-16(18)8-6-15/h5-8,14,17,19H,3-4,9-13H2,1-2H3. The van der Waals surface area contributed by atoms with Crippen molar-refractivity contribution in [3.05, 3.63) is 34.9 Å². The van der Waals surface area contributed by atoms with E-state index in [1.807, 2.05) is 12.1 Å². The van der Waals surface area contributed by atoms with Crippen molar-refractivity contribution in [2.45, 2.75) is 45.2 Å². The minimum Gasteiger partial charge on any atom is -0.313 e. The van der Waals surface area contributed by atoms with Gasteiger partial charge in [0.2, 0.25) is 0 Å². The molecular formula is C17H27ClN2. The van der Waals surface area contributed by atoms with E-state index in [9.17, 15) is 0 Å². The zero-order valence-electron chi connectivity index (χ0n) is 12.7. The first-order valence-corrected chi connectivity index (χ1v) is 8.17. The number of hydrogen-bond donors (Lipinski definition) is 1. The lowest BCUT2D eigenvalue weighted by Crippen LogP contribution is -2.37. The second-order valence-corrected chi connectivity index (χ2v) is 6.71. The maximum Gasteiger partial charge on any atom is 0.0406 e. The van der Waals surface area contributed by atoms with Crippen LogP contribution < -0.4 is 5.32 Å². The predicted molar refractivity (Wildman–Crippen MR) is 87.2 cm³/mol. The molecular weight excluding hydrogens is 268 g/mol.